The Balaban J connectivity index is 2.90. The van der Waals surface area contributed by atoms with Crippen molar-refractivity contribution in [2.24, 2.45) is 16.9 Å². The zero-order valence-corrected chi connectivity index (χ0v) is 6.04. The highest BCUT2D eigenvalue weighted by Crippen LogP contribution is 2.32. The lowest BCUT2D eigenvalue weighted by Crippen LogP contribution is -2.45. The molecule has 0 aliphatic heterocycles. The third-order valence-corrected chi connectivity index (χ3v) is 2.04. The van der Waals surface area contributed by atoms with Crippen LogP contribution in [0.15, 0.2) is 12.2 Å². The smallest absolute Gasteiger partial charge is 0.233 e. The second kappa shape index (κ2) is 2.38. The first-order valence-electron chi connectivity index (χ1n) is 3.34. The van der Waals surface area contributed by atoms with Crippen molar-refractivity contribution in [3.8, 4) is 0 Å². The van der Waals surface area contributed by atoms with Crippen LogP contribution in [0.1, 0.15) is 12.8 Å². The molecule has 0 aromatic carbocycles. The van der Waals surface area contributed by atoms with E-state index in [1.807, 2.05) is 0 Å². The van der Waals surface area contributed by atoms with E-state index in [1.165, 1.54) is 0 Å². The average molecular weight is 154 g/mol. The van der Waals surface area contributed by atoms with Crippen molar-refractivity contribution < 1.29 is 9.59 Å². The summed E-state index contributed by atoms with van der Waals surface area (Å²) in [5, 5.41) is 0. The maximum absolute atomic E-state index is 10.8. The molecule has 60 valence electrons. The maximum Gasteiger partial charge on any atom is 0.233 e. The summed E-state index contributed by atoms with van der Waals surface area (Å²) in [5.74, 6) is -1.26. The molecule has 0 atom stereocenters. The largest absolute Gasteiger partial charge is 0.369 e. The first kappa shape index (κ1) is 7.78. The van der Waals surface area contributed by atoms with Gasteiger partial charge in [-0.2, -0.15) is 0 Å². The summed E-state index contributed by atoms with van der Waals surface area (Å²) >= 11 is 0. The predicted molar refractivity (Wildman–Crippen MR) is 39.2 cm³/mol. The van der Waals surface area contributed by atoms with Gasteiger partial charge in [0.05, 0.1) is 0 Å². The Morgan fingerprint density at radius 2 is 1.45 bits per heavy atom. The third kappa shape index (κ3) is 1.00. The van der Waals surface area contributed by atoms with Gasteiger partial charge < -0.3 is 11.5 Å². The molecular formula is C7H10N2O2. The quantitative estimate of drug-likeness (QED) is 0.406. The van der Waals surface area contributed by atoms with E-state index >= 15 is 0 Å². The highest BCUT2D eigenvalue weighted by atomic mass is 16.2. The third-order valence-electron chi connectivity index (χ3n) is 2.04. The lowest BCUT2D eigenvalue weighted by atomic mass is 9.84. The Labute approximate surface area is 64.2 Å². The molecule has 0 saturated carbocycles. The number of nitrogens with two attached hydrogens (primary N) is 2. The molecule has 0 fully saturated rings. The molecule has 0 heterocycles. The monoisotopic (exact) mass is 154 g/mol. The van der Waals surface area contributed by atoms with E-state index in [1.54, 1.807) is 12.2 Å². The number of amides is 2. The van der Waals surface area contributed by atoms with Gasteiger partial charge in [0.25, 0.3) is 0 Å². The molecule has 0 unspecified atom stereocenters. The van der Waals surface area contributed by atoms with Gasteiger partial charge >= 0.3 is 0 Å². The second-order valence-electron chi connectivity index (χ2n) is 2.69. The van der Waals surface area contributed by atoms with Crippen LogP contribution in [0.5, 0.6) is 0 Å². The van der Waals surface area contributed by atoms with Crippen LogP contribution in [0.2, 0.25) is 0 Å². The summed E-state index contributed by atoms with van der Waals surface area (Å²) in [7, 11) is 0. The number of hydrogen-bond donors (Lipinski definition) is 2. The van der Waals surface area contributed by atoms with Gasteiger partial charge in [-0.1, -0.05) is 12.2 Å². The van der Waals surface area contributed by atoms with Crippen molar-refractivity contribution >= 4 is 11.8 Å². The SMILES string of the molecule is NC(=O)C1(C(N)=O)CC=CC1. The van der Waals surface area contributed by atoms with Crippen LogP contribution < -0.4 is 11.5 Å². The second-order valence-corrected chi connectivity index (χ2v) is 2.69. The Kier molecular flexibility index (Phi) is 1.68. The minimum Gasteiger partial charge on any atom is -0.369 e. The molecular weight excluding hydrogens is 144 g/mol. The Hall–Kier alpha value is -1.32. The normalized spacial score (nSPS) is 20.0. The molecule has 0 bridgehead atoms. The van der Waals surface area contributed by atoms with Gasteiger partial charge in [-0.3, -0.25) is 9.59 Å². The summed E-state index contributed by atoms with van der Waals surface area (Å²) in [4.78, 5) is 21.7. The average Bonchev–Trinajstić information content (AvgIpc) is 2.34. The zero-order chi connectivity index (χ0) is 8.48. The van der Waals surface area contributed by atoms with Gasteiger partial charge in [0, 0.05) is 0 Å². The fourth-order valence-corrected chi connectivity index (χ4v) is 1.18. The fourth-order valence-electron chi connectivity index (χ4n) is 1.18. The highest BCUT2D eigenvalue weighted by Gasteiger charge is 2.42. The van der Waals surface area contributed by atoms with Gasteiger partial charge in [0.2, 0.25) is 11.8 Å². The van der Waals surface area contributed by atoms with E-state index in [0.29, 0.717) is 12.8 Å². The summed E-state index contributed by atoms with van der Waals surface area (Å²) in [6.07, 6.45) is 4.18. The molecule has 0 aromatic heterocycles. The Bertz CT molecular complexity index is 209. The molecule has 1 aliphatic carbocycles. The van der Waals surface area contributed by atoms with Crippen LogP contribution in [-0.4, -0.2) is 11.8 Å². The summed E-state index contributed by atoms with van der Waals surface area (Å²) in [6, 6.07) is 0. The van der Waals surface area contributed by atoms with Crippen LogP contribution in [0.3, 0.4) is 0 Å². The van der Waals surface area contributed by atoms with Gasteiger partial charge in [-0.05, 0) is 12.8 Å². The molecule has 4 nitrogen and oxygen atoms in total. The molecule has 0 saturated heterocycles. The van der Waals surface area contributed by atoms with Gasteiger partial charge in [0.1, 0.15) is 5.41 Å². The summed E-state index contributed by atoms with van der Waals surface area (Å²) < 4.78 is 0. The van der Waals surface area contributed by atoms with Crippen LogP contribution in [0, 0.1) is 5.41 Å². The van der Waals surface area contributed by atoms with Crippen LogP contribution in [0.4, 0.5) is 0 Å². The molecule has 4 N–H and O–H groups in total. The number of carbonyl (C=O) groups is 2. The summed E-state index contributed by atoms with van der Waals surface area (Å²) in [5.41, 5.74) is 8.97. The van der Waals surface area contributed by atoms with Crippen molar-refractivity contribution in [3.05, 3.63) is 12.2 Å². The standard InChI is InChI=1S/C7H10N2O2/c8-5(10)7(6(9)11)3-1-2-4-7/h1-2H,3-4H2,(H2,8,10)(H2,9,11). The van der Waals surface area contributed by atoms with Crippen LogP contribution >= 0.6 is 0 Å². The van der Waals surface area contributed by atoms with E-state index in [-0.39, 0.29) is 0 Å². The predicted octanol–water partition coefficient (Wildman–Crippen LogP) is -0.707. The Morgan fingerprint density at radius 3 is 1.64 bits per heavy atom. The molecule has 0 aromatic rings. The van der Waals surface area contributed by atoms with E-state index in [2.05, 4.69) is 0 Å². The molecule has 4 heteroatoms. The molecule has 0 radical (unpaired) electrons. The zero-order valence-electron chi connectivity index (χ0n) is 6.04. The topological polar surface area (TPSA) is 86.2 Å². The van der Waals surface area contributed by atoms with Crippen molar-refractivity contribution in [3.63, 3.8) is 0 Å². The number of allylic oxidation sites excluding steroid dienone is 2. The number of hydrogen-bond acceptors (Lipinski definition) is 2. The molecule has 1 aliphatic rings. The molecule has 0 spiro atoms. The lowest BCUT2D eigenvalue weighted by molar-refractivity contribution is -0.138. The molecule has 1 rings (SSSR count). The van der Waals surface area contributed by atoms with E-state index in [4.69, 9.17) is 11.5 Å². The minimum atomic E-state index is -1.14. The van der Waals surface area contributed by atoms with Gasteiger partial charge in [0.15, 0.2) is 0 Å². The van der Waals surface area contributed by atoms with E-state index in [9.17, 15) is 9.59 Å². The van der Waals surface area contributed by atoms with E-state index in [0.717, 1.165) is 0 Å². The van der Waals surface area contributed by atoms with Crippen molar-refractivity contribution in [1.82, 2.24) is 0 Å². The van der Waals surface area contributed by atoms with Crippen molar-refractivity contribution in [2.75, 3.05) is 0 Å². The fraction of sp³-hybridized carbons (Fsp3) is 0.429. The molecule has 2 amide bonds. The minimum absolute atomic E-state index is 0.345. The molecule has 11 heavy (non-hydrogen) atoms. The number of rotatable bonds is 2. The van der Waals surface area contributed by atoms with Gasteiger partial charge in [-0.15, -0.1) is 0 Å². The Morgan fingerprint density at radius 1 is 1.09 bits per heavy atom. The number of primary amides is 2. The maximum atomic E-state index is 10.8. The number of carbonyl (C=O) groups excluding carboxylic acids is 2. The van der Waals surface area contributed by atoms with Crippen LogP contribution in [-0.2, 0) is 9.59 Å². The van der Waals surface area contributed by atoms with Crippen molar-refractivity contribution in [1.29, 1.82) is 0 Å². The van der Waals surface area contributed by atoms with Crippen molar-refractivity contribution in [2.45, 2.75) is 12.8 Å². The first-order chi connectivity index (χ1) is 5.09. The van der Waals surface area contributed by atoms with Crippen LogP contribution in [0.25, 0.3) is 0 Å². The lowest BCUT2D eigenvalue weighted by Gasteiger charge is -2.19. The van der Waals surface area contributed by atoms with Gasteiger partial charge in [-0.25, -0.2) is 0 Å². The summed E-state index contributed by atoms with van der Waals surface area (Å²) in [6.45, 7) is 0. The van der Waals surface area contributed by atoms with E-state index < -0.39 is 17.2 Å². The first-order valence-corrected chi connectivity index (χ1v) is 3.34. The highest BCUT2D eigenvalue weighted by molar-refractivity contribution is 6.04.